The number of nitrogens with two attached hydrogens (primary N) is 2. The van der Waals surface area contributed by atoms with E-state index in [0.29, 0.717) is 0 Å². The second-order valence-corrected chi connectivity index (χ2v) is 4.03. The van der Waals surface area contributed by atoms with Crippen molar-refractivity contribution in [1.82, 2.24) is 5.32 Å². The second kappa shape index (κ2) is 6.85. The zero-order valence-corrected chi connectivity index (χ0v) is 10.2. The van der Waals surface area contributed by atoms with E-state index in [1.54, 1.807) is 13.8 Å². The fraction of sp³-hybridized carbons (Fsp3) is 0.700. The number of rotatable bonds is 6. The number of carbonyl (C=O) groups excluding carboxylic acids is 3. The van der Waals surface area contributed by atoms with Crippen molar-refractivity contribution in [3.8, 4) is 0 Å². The van der Waals surface area contributed by atoms with Gasteiger partial charge in [-0.15, -0.1) is 0 Å². The molecule has 2 unspecified atom stereocenters. The summed E-state index contributed by atoms with van der Waals surface area (Å²) >= 11 is 0. The maximum atomic E-state index is 11.6. The smallest absolute Gasteiger partial charge is 0.328 e. The predicted molar refractivity (Wildman–Crippen MR) is 60.6 cm³/mol. The molecule has 0 saturated carbocycles. The van der Waals surface area contributed by atoms with Crippen LogP contribution in [0.15, 0.2) is 0 Å². The van der Waals surface area contributed by atoms with Gasteiger partial charge in [0.2, 0.25) is 11.8 Å². The minimum absolute atomic E-state index is 0.146. The molecule has 0 aromatic rings. The fourth-order valence-corrected chi connectivity index (χ4v) is 1.19. The van der Waals surface area contributed by atoms with E-state index < -0.39 is 29.9 Å². The molecule has 0 fully saturated rings. The molecule has 0 aliphatic rings. The summed E-state index contributed by atoms with van der Waals surface area (Å²) in [7, 11) is 1.23. The van der Waals surface area contributed by atoms with Gasteiger partial charge in [-0.1, -0.05) is 13.8 Å². The standard InChI is InChI=1S/C10H19N3O4/c1-5(2)8(10(16)17-3)13-9(15)6(11)4-7(12)14/h5-6,8H,4,11H2,1-3H3,(H2,12,14)(H,13,15). The number of nitrogens with one attached hydrogen (secondary N) is 1. The van der Waals surface area contributed by atoms with Crippen molar-refractivity contribution in [3.63, 3.8) is 0 Å². The lowest BCUT2D eigenvalue weighted by Crippen LogP contribution is -2.51. The van der Waals surface area contributed by atoms with Crippen molar-refractivity contribution in [1.29, 1.82) is 0 Å². The van der Waals surface area contributed by atoms with Crippen molar-refractivity contribution >= 4 is 17.8 Å². The quantitative estimate of drug-likeness (QED) is 0.491. The Morgan fingerprint density at radius 2 is 1.82 bits per heavy atom. The van der Waals surface area contributed by atoms with Gasteiger partial charge < -0.3 is 21.5 Å². The van der Waals surface area contributed by atoms with Gasteiger partial charge in [0.05, 0.1) is 19.6 Å². The Morgan fingerprint density at radius 1 is 1.29 bits per heavy atom. The maximum absolute atomic E-state index is 11.6. The van der Waals surface area contributed by atoms with Crippen LogP contribution in [0.3, 0.4) is 0 Å². The van der Waals surface area contributed by atoms with E-state index in [1.807, 2.05) is 0 Å². The molecule has 0 aliphatic carbocycles. The Kier molecular flexibility index (Phi) is 6.19. The largest absolute Gasteiger partial charge is 0.467 e. The first-order valence-corrected chi connectivity index (χ1v) is 5.21. The summed E-state index contributed by atoms with van der Waals surface area (Å²) in [5, 5.41) is 2.43. The Balaban J connectivity index is 4.50. The topological polar surface area (TPSA) is 125 Å². The molecule has 0 bridgehead atoms. The SMILES string of the molecule is COC(=O)C(NC(=O)C(N)CC(N)=O)C(C)C. The lowest BCUT2D eigenvalue weighted by Gasteiger charge is -2.21. The van der Waals surface area contributed by atoms with Crippen molar-refractivity contribution in [2.24, 2.45) is 17.4 Å². The highest BCUT2D eigenvalue weighted by Gasteiger charge is 2.27. The molecule has 0 saturated heterocycles. The number of hydrogen-bond acceptors (Lipinski definition) is 5. The third-order valence-corrected chi connectivity index (χ3v) is 2.18. The minimum Gasteiger partial charge on any atom is -0.467 e. The van der Waals surface area contributed by atoms with E-state index in [0.717, 1.165) is 0 Å². The summed E-state index contributed by atoms with van der Waals surface area (Å²) in [4.78, 5) is 33.5. The fourth-order valence-electron chi connectivity index (χ4n) is 1.19. The van der Waals surface area contributed by atoms with Crippen LogP contribution in [0.2, 0.25) is 0 Å². The van der Waals surface area contributed by atoms with Crippen LogP contribution in [0, 0.1) is 5.92 Å². The van der Waals surface area contributed by atoms with Gasteiger partial charge in [-0.25, -0.2) is 4.79 Å². The molecule has 7 nitrogen and oxygen atoms in total. The van der Waals surface area contributed by atoms with Crippen LogP contribution >= 0.6 is 0 Å². The molecule has 0 rings (SSSR count). The average Bonchev–Trinajstić information content (AvgIpc) is 2.22. The zero-order valence-electron chi connectivity index (χ0n) is 10.2. The van der Waals surface area contributed by atoms with Crippen LogP contribution in [0.1, 0.15) is 20.3 Å². The zero-order chi connectivity index (χ0) is 13.6. The van der Waals surface area contributed by atoms with Gasteiger partial charge in [-0.3, -0.25) is 9.59 Å². The molecule has 98 valence electrons. The van der Waals surface area contributed by atoms with Gasteiger partial charge in [-0.05, 0) is 5.92 Å². The Morgan fingerprint density at radius 3 is 2.18 bits per heavy atom. The van der Waals surface area contributed by atoms with E-state index in [2.05, 4.69) is 10.1 Å². The Labute approximate surface area is 99.9 Å². The van der Waals surface area contributed by atoms with E-state index in [4.69, 9.17) is 11.5 Å². The average molecular weight is 245 g/mol. The highest BCUT2D eigenvalue weighted by molar-refractivity contribution is 5.90. The van der Waals surface area contributed by atoms with Gasteiger partial charge in [-0.2, -0.15) is 0 Å². The highest BCUT2D eigenvalue weighted by Crippen LogP contribution is 2.04. The molecule has 0 spiro atoms. The molecule has 5 N–H and O–H groups in total. The van der Waals surface area contributed by atoms with E-state index in [9.17, 15) is 14.4 Å². The summed E-state index contributed by atoms with van der Waals surface area (Å²) in [6.45, 7) is 3.50. The van der Waals surface area contributed by atoms with Gasteiger partial charge in [0.1, 0.15) is 6.04 Å². The van der Waals surface area contributed by atoms with Gasteiger partial charge in [0.25, 0.3) is 0 Å². The molecule has 0 aliphatic heterocycles. The molecule has 0 heterocycles. The van der Waals surface area contributed by atoms with Crippen molar-refractivity contribution < 1.29 is 19.1 Å². The lowest BCUT2D eigenvalue weighted by atomic mass is 10.0. The number of ether oxygens (including phenoxy) is 1. The Bertz CT molecular complexity index is 304. The molecule has 7 heteroatoms. The molecule has 0 aromatic carbocycles. The lowest BCUT2D eigenvalue weighted by molar-refractivity contribution is -0.146. The minimum atomic E-state index is -1.06. The van der Waals surface area contributed by atoms with Gasteiger partial charge >= 0.3 is 5.97 Å². The van der Waals surface area contributed by atoms with Crippen LogP contribution in [0.25, 0.3) is 0 Å². The van der Waals surface area contributed by atoms with Crippen molar-refractivity contribution in [3.05, 3.63) is 0 Å². The van der Waals surface area contributed by atoms with Crippen molar-refractivity contribution in [2.45, 2.75) is 32.4 Å². The summed E-state index contributed by atoms with van der Waals surface area (Å²) in [6, 6.07) is -1.84. The highest BCUT2D eigenvalue weighted by atomic mass is 16.5. The number of carbonyl (C=O) groups is 3. The summed E-state index contributed by atoms with van der Waals surface area (Å²) in [5.74, 6) is -1.98. The van der Waals surface area contributed by atoms with Gasteiger partial charge in [0, 0.05) is 0 Å². The monoisotopic (exact) mass is 245 g/mol. The Hall–Kier alpha value is -1.63. The maximum Gasteiger partial charge on any atom is 0.328 e. The van der Waals surface area contributed by atoms with E-state index in [-0.39, 0.29) is 12.3 Å². The number of esters is 1. The number of primary amides is 1. The third kappa shape index (κ3) is 5.30. The number of methoxy groups -OCH3 is 1. The third-order valence-electron chi connectivity index (χ3n) is 2.18. The van der Waals surface area contributed by atoms with Gasteiger partial charge in [0.15, 0.2) is 0 Å². The molecule has 0 radical (unpaired) electrons. The first kappa shape index (κ1) is 15.4. The van der Waals surface area contributed by atoms with Crippen LogP contribution in [-0.4, -0.2) is 37.0 Å². The normalized spacial score (nSPS) is 13.9. The summed E-state index contributed by atoms with van der Waals surface area (Å²) in [6.07, 6.45) is -0.266. The van der Waals surface area contributed by atoms with E-state index >= 15 is 0 Å². The first-order valence-electron chi connectivity index (χ1n) is 5.21. The molecule has 17 heavy (non-hydrogen) atoms. The van der Waals surface area contributed by atoms with Crippen molar-refractivity contribution in [2.75, 3.05) is 7.11 Å². The van der Waals surface area contributed by atoms with Crippen LogP contribution in [-0.2, 0) is 19.1 Å². The molecular weight excluding hydrogens is 226 g/mol. The number of hydrogen-bond donors (Lipinski definition) is 3. The summed E-state index contributed by atoms with van der Waals surface area (Å²) in [5.41, 5.74) is 10.4. The number of amides is 2. The summed E-state index contributed by atoms with van der Waals surface area (Å²) < 4.78 is 4.55. The van der Waals surface area contributed by atoms with E-state index in [1.165, 1.54) is 7.11 Å². The van der Waals surface area contributed by atoms with Crippen LogP contribution in [0.4, 0.5) is 0 Å². The first-order chi connectivity index (χ1) is 7.79. The second-order valence-electron chi connectivity index (χ2n) is 4.03. The van der Waals surface area contributed by atoms with Crippen LogP contribution < -0.4 is 16.8 Å². The van der Waals surface area contributed by atoms with Crippen LogP contribution in [0.5, 0.6) is 0 Å². The molecular formula is C10H19N3O4. The predicted octanol–water partition coefficient (Wildman–Crippen LogP) is -1.50. The molecule has 2 atom stereocenters. The molecule has 0 aromatic heterocycles. The molecule has 2 amide bonds.